The van der Waals surface area contributed by atoms with Gasteiger partial charge in [-0.1, -0.05) is 6.07 Å². The van der Waals surface area contributed by atoms with Crippen LogP contribution in [-0.2, 0) is 0 Å². The second-order valence-corrected chi connectivity index (χ2v) is 3.01. The molecule has 58 valence electrons. The zero-order chi connectivity index (χ0) is 8.43. The number of pyridine rings is 1. The summed E-state index contributed by atoms with van der Waals surface area (Å²) >= 11 is 1.89. The molecule has 0 unspecified atom stereocenters. The van der Waals surface area contributed by atoms with Crippen molar-refractivity contribution < 1.29 is 10.0 Å². The Hall–Kier alpha value is -0.335. The van der Waals surface area contributed by atoms with Crippen molar-refractivity contribution >= 4 is 41.0 Å². The summed E-state index contributed by atoms with van der Waals surface area (Å²) in [4.78, 5) is 3.84. The molecule has 0 fully saturated rings. The van der Waals surface area contributed by atoms with Gasteiger partial charge in [-0.15, -0.1) is 0 Å². The summed E-state index contributed by atoms with van der Waals surface area (Å²) in [6, 6.07) is 3.06. The van der Waals surface area contributed by atoms with Gasteiger partial charge in [0.2, 0.25) is 0 Å². The first-order valence-corrected chi connectivity index (χ1v) is 3.97. The summed E-state index contributed by atoms with van der Waals surface area (Å²) < 4.78 is 0.512. The third-order valence-electron chi connectivity index (χ3n) is 1.18. The van der Waals surface area contributed by atoms with Crippen LogP contribution in [0.5, 0.6) is 0 Å². The minimum Gasteiger partial charge on any atom is -0.423 e. The number of aromatic nitrogens is 1. The van der Waals surface area contributed by atoms with Crippen molar-refractivity contribution in [2.45, 2.75) is 0 Å². The van der Waals surface area contributed by atoms with Gasteiger partial charge in [-0.3, -0.25) is 0 Å². The minimum atomic E-state index is -1.48. The van der Waals surface area contributed by atoms with E-state index in [1.165, 1.54) is 12.1 Å². The van der Waals surface area contributed by atoms with Gasteiger partial charge in [0.1, 0.15) is 9.52 Å². The molecule has 0 aliphatic rings. The van der Waals surface area contributed by atoms with E-state index in [4.69, 9.17) is 15.8 Å². The van der Waals surface area contributed by atoms with E-state index in [2.05, 4.69) is 4.98 Å². The number of halogens is 1. The van der Waals surface area contributed by atoms with Gasteiger partial charge in [-0.25, -0.2) is 4.98 Å². The van der Waals surface area contributed by atoms with E-state index in [-0.39, 0.29) is 0 Å². The molecule has 0 aliphatic heterocycles. The lowest BCUT2D eigenvalue weighted by Crippen LogP contribution is -2.33. The highest BCUT2D eigenvalue weighted by atomic mass is 127. The molecule has 0 atom stereocenters. The monoisotopic (exact) mass is 264 g/mol. The Morgan fingerprint density at radius 1 is 1.45 bits per heavy atom. The fourth-order valence-corrected chi connectivity index (χ4v) is 1.39. The van der Waals surface area contributed by atoms with Crippen LogP contribution in [-0.4, -0.2) is 22.2 Å². The smallest absolute Gasteiger partial charge is 0.423 e. The molecule has 11 heavy (non-hydrogen) atoms. The summed E-state index contributed by atoms with van der Waals surface area (Å²) in [5.41, 5.74) is 5.72. The van der Waals surface area contributed by atoms with E-state index >= 15 is 0 Å². The predicted molar refractivity (Wildman–Crippen MR) is 51.2 cm³/mol. The second-order valence-electron chi connectivity index (χ2n) is 1.99. The highest BCUT2D eigenvalue weighted by molar-refractivity contribution is 14.1. The standard InChI is InChI=1S/C5H6BIN2O2/c7-5-3(6(10)11)1-2-4(8)9-5/h1-2,10-11H,(H2,8,9). The molecule has 1 aromatic rings. The highest BCUT2D eigenvalue weighted by Gasteiger charge is 2.15. The van der Waals surface area contributed by atoms with Crippen molar-refractivity contribution in [2.24, 2.45) is 0 Å². The van der Waals surface area contributed by atoms with Crippen LogP contribution in [0, 0.1) is 3.70 Å². The van der Waals surface area contributed by atoms with Crippen LogP contribution in [0.4, 0.5) is 5.82 Å². The molecule has 0 amide bonds. The lowest BCUT2D eigenvalue weighted by molar-refractivity contribution is 0.425. The van der Waals surface area contributed by atoms with Crippen molar-refractivity contribution in [3.05, 3.63) is 15.8 Å². The number of hydrogen-bond acceptors (Lipinski definition) is 4. The lowest BCUT2D eigenvalue weighted by Gasteiger charge is -2.01. The molecule has 0 spiro atoms. The van der Waals surface area contributed by atoms with Crippen molar-refractivity contribution in [3.8, 4) is 0 Å². The Morgan fingerprint density at radius 3 is 2.55 bits per heavy atom. The molecule has 0 radical (unpaired) electrons. The fraction of sp³-hybridized carbons (Fsp3) is 0. The van der Waals surface area contributed by atoms with Crippen molar-refractivity contribution in [3.63, 3.8) is 0 Å². The summed E-state index contributed by atoms with van der Waals surface area (Å²) in [6.07, 6.45) is 0. The molecule has 0 aromatic carbocycles. The summed E-state index contributed by atoms with van der Waals surface area (Å²) in [7, 11) is -1.48. The Bertz CT molecular complexity index is 269. The van der Waals surface area contributed by atoms with Gasteiger partial charge < -0.3 is 15.8 Å². The van der Waals surface area contributed by atoms with Crippen LogP contribution in [0.15, 0.2) is 12.1 Å². The molecule has 4 nitrogen and oxygen atoms in total. The molecule has 0 saturated carbocycles. The number of nitrogens with zero attached hydrogens (tertiary/aromatic N) is 1. The maximum atomic E-state index is 8.77. The van der Waals surface area contributed by atoms with Crippen LogP contribution >= 0.6 is 22.6 Å². The Kier molecular flexibility index (Phi) is 2.69. The maximum Gasteiger partial charge on any atom is 0.491 e. The zero-order valence-corrected chi connectivity index (χ0v) is 7.69. The highest BCUT2D eigenvalue weighted by Crippen LogP contribution is 2.01. The maximum absolute atomic E-state index is 8.77. The third-order valence-corrected chi connectivity index (χ3v) is 2.04. The van der Waals surface area contributed by atoms with Gasteiger partial charge in [0.15, 0.2) is 0 Å². The van der Waals surface area contributed by atoms with Gasteiger partial charge in [0, 0.05) is 5.46 Å². The number of anilines is 1. The average Bonchev–Trinajstić information content (AvgIpc) is 1.85. The summed E-state index contributed by atoms with van der Waals surface area (Å²) in [6.45, 7) is 0. The number of nitrogens with two attached hydrogens (primary N) is 1. The Morgan fingerprint density at radius 2 is 2.09 bits per heavy atom. The van der Waals surface area contributed by atoms with Gasteiger partial charge >= 0.3 is 7.12 Å². The lowest BCUT2D eigenvalue weighted by atomic mass is 9.82. The topological polar surface area (TPSA) is 79.4 Å². The van der Waals surface area contributed by atoms with Gasteiger partial charge in [0.25, 0.3) is 0 Å². The van der Waals surface area contributed by atoms with Crippen LogP contribution in [0.2, 0.25) is 0 Å². The van der Waals surface area contributed by atoms with E-state index in [1.807, 2.05) is 22.6 Å². The van der Waals surface area contributed by atoms with Crippen LogP contribution in [0.3, 0.4) is 0 Å². The van der Waals surface area contributed by atoms with Crippen molar-refractivity contribution in [1.82, 2.24) is 4.98 Å². The van der Waals surface area contributed by atoms with Crippen molar-refractivity contribution in [2.75, 3.05) is 5.73 Å². The first kappa shape index (κ1) is 8.76. The molecule has 0 bridgehead atoms. The van der Waals surface area contributed by atoms with E-state index in [0.29, 0.717) is 15.0 Å². The van der Waals surface area contributed by atoms with Crippen molar-refractivity contribution in [1.29, 1.82) is 0 Å². The molecular weight excluding hydrogens is 258 g/mol. The van der Waals surface area contributed by atoms with Gasteiger partial charge in [0.05, 0.1) is 0 Å². The molecule has 1 heterocycles. The molecule has 1 aromatic heterocycles. The quantitative estimate of drug-likeness (QED) is 0.343. The number of hydrogen-bond donors (Lipinski definition) is 3. The van der Waals surface area contributed by atoms with E-state index in [0.717, 1.165) is 0 Å². The first-order valence-electron chi connectivity index (χ1n) is 2.89. The predicted octanol–water partition coefficient (Wildman–Crippen LogP) is -1.05. The molecule has 4 N–H and O–H groups in total. The third kappa shape index (κ3) is 2.04. The van der Waals surface area contributed by atoms with Gasteiger partial charge in [-0.2, -0.15) is 0 Å². The minimum absolute atomic E-state index is 0.374. The molecule has 1 rings (SSSR count). The summed E-state index contributed by atoms with van der Waals surface area (Å²) in [5, 5.41) is 17.5. The second kappa shape index (κ2) is 3.37. The Balaban J connectivity index is 3.09. The molecular formula is C5H6BIN2O2. The Labute approximate surface area is 77.7 Å². The van der Waals surface area contributed by atoms with Crippen LogP contribution < -0.4 is 11.2 Å². The van der Waals surface area contributed by atoms with Crippen LogP contribution in [0.25, 0.3) is 0 Å². The summed E-state index contributed by atoms with van der Waals surface area (Å²) in [5.74, 6) is 0.374. The van der Waals surface area contributed by atoms with E-state index < -0.39 is 7.12 Å². The molecule has 0 aliphatic carbocycles. The molecule has 6 heteroatoms. The van der Waals surface area contributed by atoms with E-state index in [1.54, 1.807) is 0 Å². The van der Waals surface area contributed by atoms with Crippen LogP contribution in [0.1, 0.15) is 0 Å². The first-order chi connectivity index (χ1) is 5.11. The van der Waals surface area contributed by atoms with Gasteiger partial charge in [-0.05, 0) is 28.7 Å². The van der Waals surface area contributed by atoms with E-state index in [9.17, 15) is 0 Å². The zero-order valence-electron chi connectivity index (χ0n) is 5.53. The number of nitrogen functional groups attached to an aromatic ring is 1. The average molecular weight is 264 g/mol. The fourth-order valence-electron chi connectivity index (χ4n) is 0.652. The molecule has 0 saturated heterocycles. The largest absolute Gasteiger partial charge is 0.491 e. The SMILES string of the molecule is Nc1ccc(B(O)O)c(I)n1. The normalized spacial score (nSPS) is 9.73. The number of rotatable bonds is 1.